The average Bonchev–Trinajstić information content (AvgIpc) is 3.53. The highest BCUT2D eigenvalue weighted by Gasteiger charge is 2.26. The van der Waals surface area contributed by atoms with Gasteiger partial charge < -0.3 is 15.0 Å². The zero-order valence-electron chi connectivity index (χ0n) is 16.4. The number of hydrogen-bond acceptors (Lipinski definition) is 3. The van der Waals surface area contributed by atoms with Gasteiger partial charge in [0.1, 0.15) is 17.2 Å². The van der Waals surface area contributed by atoms with Crippen molar-refractivity contribution in [2.45, 2.75) is 18.8 Å². The molecule has 2 aromatic heterocycles. The highest BCUT2D eigenvalue weighted by molar-refractivity contribution is 5.99. The van der Waals surface area contributed by atoms with E-state index in [4.69, 9.17) is 0 Å². The maximum atomic E-state index is 13.3. The normalized spacial score (nSPS) is 13.5. The standard InChI is InChI=1S/C24H20FN3O2/c1-28-13-21(15-4-6-17(25)7-5-15)19-11-18(8-9-22(19)28)27-23-20(24(29)30)10-16(12-26-23)14-2-3-14/h4-14H,2-3H2,1H3,(H,26,27)(H,29,30). The average molecular weight is 401 g/mol. The van der Waals surface area contributed by atoms with Crippen LogP contribution in [0.25, 0.3) is 22.0 Å². The van der Waals surface area contributed by atoms with Gasteiger partial charge in [0.15, 0.2) is 0 Å². The zero-order chi connectivity index (χ0) is 20.8. The minimum Gasteiger partial charge on any atom is -0.478 e. The van der Waals surface area contributed by atoms with Crippen LogP contribution in [0.2, 0.25) is 0 Å². The maximum absolute atomic E-state index is 13.3. The highest BCUT2D eigenvalue weighted by atomic mass is 19.1. The Balaban J connectivity index is 1.55. The second-order valence-corrected chi connectivity index (χ2v) is 7.76. The van der Waals surface area contributed by atoms with Crippen LogP contribution in [0.3, 0.4) is 0 Å². The van der Waals surface area contributed by atoms with Crippen molar-refractivity contribution in [3.05, 3.63) is 77.9 Å². The van der Waals surface area contributed by atoms with E-state index in [2.05, 4.69) is 10.3 Å². The quantitative estimate of drug-likeness (QED) is 0.450. The Morgan fingerprint density at radius 1 is 1.17 bits per heavy atom. The van der Waals surface area contributed by atoms with Crippen molar-refractivity contribution >= 4 is 28.4 Å². The van der Waals surface area contributed by atoms with Crippen LogP contribution in [0.4, 0.5) is 15.9 Å². The van der Waals surface area contributed by atoms with E-state index in [1.165, 1.54) is 12.1 Å². The molecule has 4 aromatic rings. The number of rotatable bonds is 5. The van der Waals surface area contributed by atoms with Crippen molar-refractivity contribution in [3.8, 4) is 11.1 Å². The van der Waals surface area contributed by atoms with Crippen LogP contribution in [-0.2, 0) is 7.05 Å². The number of halogens is 1. The summed E-state index contributed by atoms with van der Waals surface area (Å²) in [5.41, 5.74) is 4.81. The molecule has 1 fully saturated rings. The summed E-state index contributed by atoms with van der Waals surface area (Å²) in [6.45, 7) is 0. The predicted molar refractivity (Wildman–Crippen MR) is 115 cm³/mol. The fraction of sp³-hybridized carbons (Fsp3) is 0.167. The molecule has 150 valence electrons. The van der Waals surface area contributed by atoms with Crippen LogP contribution >= 0.6 is 0 Å². The van der Waals surface area contributed by atoms with Crippen molar-refractivity contribution in [2.24, 2.45) is 7.05 Å². The van der Waals surface area contributed by atoms with Crippen molar-refractivity contribution in [1.82, 2.24) is 9.55 Å². The molecule has 5 nitrogen and oxygen atoms in total. The summed E-state index contributed by atoms with van der Waals surface area (Å²) < 4.78 is 15.4. The smallest absolute Gasteiger partial charge is 0.339 e. The number of fused-ring (bicyclic) bond motifs is 1. The Kier molecular flexibility index (Phi) is 4.28. The van der Waals surface area contributed by atoms with Gasteiger partial charge in [-0.05, 0) is 66.3 Å². The number of pyridine rings is 1. The van der Waals surface area contributed by atoms with Crippen molar-refractivity contribution in [3.63, 3.8) is 0 Å². The molecule has 2 aromatic carbocycles. The van der Waals surface area contributed by atoms with E-state index in [1.807, 2.05) is 36.0 Å². The van der Waals surface area contributed by atoms with Crippen LogP contribution < -0.4 is 5.32 Å². The number of anilines is 2. The lowest BCUT2D eigenvalue weighted by molar-refractivity contribution is 0.0697. The van der Waals surface area contributed by atoms with Crippen LogP contribution in [0.15, 0.2) is 60.9 Å². The molecule has 0 spiro atoms. The topological polar surface area (TPSA) is 67.2 Å². The van der Waals surface area contributed by atoms with Gasteiger partial charge in [0.05, 0.1) is 0 Å². The number of aromatic carboxylic acids is 1. The molecule has 1 aliphatic carbocycles. The largest absolute Gasteiger partial charge is 0.478 e. The molecule has 1 aliphatic rings. The van der Waals surface area contributed by atoms with E-state index in [1.54, 1.807) is 24.4 Å². The van der Waals surface area contributed by atoms with Crippen LogP contribution in [0, 0.1) is 5.82 Å². The number of benzene rings is 2. The van der Waals surface area contributed by atoms with Gasteiger partial charge in [0.25, 0.3) is 0 Å². The molecule has 0 aliphatic heterocycles. The zero-order valence-corrected chi connectivity index (χ0v) is 16.4. The third-order valence-corrected chi connectivity index (χ3v) is 5.60. The predicted octanol–water partition coefficient (Wildman–Crippen LogP) is 5.70. The fourth-order valence-corrected chi connectivity index (χ4v) is 3.85. The van der Waals surface area contributed by atoms with Gasteiger partial charge in [-0.25, -0.2) is 14.2 Å². The molecule has 30 heavy (non-hydrogen) atoms. The summed E-state index contributed by atoms with van der Waals surface area (Å²) in [6, 6.07) is 14.0. The van der Waals surface area contributed by atoms with Gasteiger partial charge in [-0.1, -0.05) is 12.1 Å². The third kappa shape index (κ3) is 3.30. The van der Waals surface area contributed by atoms with Crippen molar-refractivity contribution in [2.75, 3.05) is 5.32 Å². The number of hydrogen-bond donors (Lipinski definition) is 2. The minimum atomic E-state index is -1.000. The second-order valence-electron chi connectivity index (χ2n) is 7.76. The molecule has 0 saturated heterocycles. The first-order valence-electron chi connectivity index (χ1n) is 9.85. The van der Waals surface area contributed by atoms with E-state index >= 15 is 0 Å². The lowest BCUT2D eigenvalue weighted by Gasteiger charge is -2.11. The number of carboxylic acids is 1. The monoisotopic (exact) mass is 401 g/mol. The molecule has 0 amide bonds. The molecular weight excluding hydrogens is 381 g/mol. The molecule has 0 unspecified atom stereocenters. The number of nitrogens with one attached hydrogen (secondary N) is 1. The van der Waals surface area contributed by atoms with E-state index in [9.17, 15) is 14.3 Å². The maximum Gasteiger partial charge on any atom is 0.339 e. The van der Waals surface area contributed by atoms with E-state index in [-0.39, 0.29) is 11.4 Å². The van der Waals surface area contributed by atoms with Gasteiger partial charge in [0.2, 0.25) is 0 Å². The van der Waals surface area contributed by atoms with E-state index < -0.39 is 5.97 Å². The summed E-state index contributed by atoms with van der Waals surface area (Å²) in [5.74, 6) is -0.516. The van der Waals surface area contributed by atoms with E-state index in [0.717, 1.165) is 46.1 Å². The van der Waals surface area contributed by atoms with Crippen LogP contribution in [-0.4, -0.2) is 20.6 Å². The van der Waals surface area contributed by atoms with E-state index in [0.29, 0.717) is 11.7 Å². The van der Waals surface area contributed by atoms with Crippen molar-refractivity contribution in [1.29, 1.82) is 0 Å². The first-order chi connectivity index (χ1) is 14.5. The number of carbonyl (C=O) groups is 1. The fourth-order valence-electron chi connectivity index (χ4n) is 3.85. The highest BCUT2D eigenvalue weighted by Crippen LogP contribution is 2.41. The van der Waals surface area contributed by atoms with Gasteiger partial charge in [0, 0.05) is 41.6 Å². The SMILES string of the molecule is Cn1cc(-c2ccc(F)cc2)c2cc(Nc3ncc(C4CC4)cc3C(=O)O)ccc21. The molecule has 0 atom stereocenters. The number of aryl methyl sites for hydroxylation is 1. The summed E-state index contributed by atoms with van der Waals surface area (Å²) in [4.78, 5) is 16.2. The molecule has 0 radical (unpaired) electrons. The van der Waals surface area contributed by atoms with Crippen LogP contribution in [0.5, 0.6) is 0 Å². The molecule has 5 rings (SSSR count). The number of aromatic nitrogens is 2. The minimum absolute atomic E-state index is 0.173. The Morgan fingerprint density at radius 2 is 1.93 bits per heavy atom. The third-order valence-electron chi connectivity index (χ3n) is 5.60. The molecule has 1 saturated carbocycles. The van der Waals surface area contributed by atoms with Gasteiger partial charge >= 0.3 is 5.97 Å². The van der Waals surface area contributed by atoms with Gasteiger partial charge in [-0.3, -0.25) is 0 Å². The Hall–Kier alpha value is -3.67. The number of nitrogens with zero attached hydrogens (tertiary/aromatic N) is 2. The summed E-state index contributed by atoms with van der Waals surface area (Å²) in [7, 11) is 1.96. The Morgan fingerprint density at radius 3 is 2.63 bits per heavy atom. The number of carboxylic acid groups (broad SMARTS) is 1. The first kappa shape index (κ1) is 18.4. The second kappa shape index (κ2) is 6.99. The molecule has 0 bridgehead atoms. The Bertz CT molecular complexity index is 1270. The lowest BCUT2D eigenvalue weighted by atomic mass is 10.0. The Labute approximate surface area is 172 Å². The molecule has 6 heteroatoms. The van der Waals surface area contributed by atoms with Gasteiger partial charge in [-0.15, -0.1) is 0 Å². The summed E-state index contributed by atoms with van der Waals surface area (Å²) in [5, 5.41) is 13.8. The molecular formula is C24H20FN3O2. The molecule has 2 N–H and O–H groups in total. The van der Waals surface area contributed by atoms with Gasteiger partial charge in [-0.2, -0.15) is 0 Å². The van der Waals surface area contributed by atoms with Crippen LogP contribution in [0.1, 0.15) is 34.7 Å². The summed E-state index contributed by atoms with van der Waals surface area (Å²) in [6.07, 6.45) is 5.94. The summed E-state index contributed by atoms with van der Waals surface area (Å²) >= 11 is 0. The molecule has 2 heterocycles. The lowest BCUT2D eigenvalue weighted by Crippen LogP contribution is -2.06. The first-order valence-corrected chi connectivity index (χ1v) is 9.85. The van der Waals surface area contributed by atoms with Crippen molar-refractivity contribution < 1.29 is 14.3 Å².